The zero-order valence-electron chi connectivity index (χ0n) is 38.7. The van der Waals surface area contributed by atoms with E-state index in [0.29, 0.717) is 6.42 Å². The first-order valence-electron chi connectivity index (χ1n) is 25.2. The van der Waals surface area contributed by atoms with Gasteiger partial charge in [-0.3, -0.25) is 4.79 Å². The molecule has 0 aromatic heterocycles. The van der Waals surface area contributed by atoms with Crippen LogP contribution in [0.15, 0.2) is 36.5 Å². The fourth-order valence-corrected chi connectivity index (χ4v) is 7.87. The first kappa shape index (κ1) is 56.4. The third-order valence-electron chi connectivity index (χ3n) is 11.9. The zero-order chi connectivity index (χ0) is 43.7. The van der Waals surface area contributed by atoms with Crippen molar-refractivity contribution in [2.75, 3.05) is 13.2 Å². The highest BCUT2D eigenvalue weighted by atomic mass is 16.7. The smallest absolute Gasteiger partial charge is 0.220 e. The lowest BCUT2D eigenvalue weighted by atomic mass is 9.99. The molecule has 7 unspecified atom stereocenters. The number of carbonyl (C=O) groups is 1. The average molecular weight is 850 g/mol. The zero-order valence-corrected chi connectivity index (χ0v) is 38.7. The summed E-state index contributed by atoms with van der Waals surface area (Å²) in [5.41, 5.74) is 0. The fourth-order valence-electron chi connectivity index (χ4n) is 7.87. The summed E-state index contributed by atoms with van der Waals surface area (Å²) in [5.74, 6) is -0.188. The molecular weight excluding hydrogens is 755 g/mol. The van der Waals surface area contributed by atoms with Gasteiger partial charge >= 0.3 is 0 Å². The molecule has 60 heavy (non-hydrogen) atoms. The monoisotopic (exact) mass is 850 g/mol. The minimum absolute atomic E-state index is 0.188. The highest BCUT2D eigenvalue weighted by Gasteiger charge is 2.44. The molecule has 0 bridgehead atoms. The number of hydrogen-bond acceptors (Lipinski definition) is 8. The second-order valence-corrected chi connectivity index (χ2v) is 17.6. The third-order valence-corrected chi connectivity index (χ3v) is 11.9. The first-order valence-corrected chi connectivity index (χ1v) is 25.2. The van der Waals surface area contributed by atoms with E-state index in [-0.39, 0.29) is 12.5 Å². The Bertz CT molecular complexity index is 1030. The molecule has 9 nitrogen and oxygen atoms in total. The van der Waals surface area contributed by atoms with Crippen molar-refractivity contribution in [1.82, 2.24) is 5.32 Å². The van der Waals surface area contributed by atoms with E-state index in [0.717, 1.165) is 38.5 Å². The highest BCUT2D eigenvalue weighted by molar-refractivity contribution is 5.76. The molecule has 7 atom stereocenters. The van der Waals surface area contributed by atoms with Crippen LogP contribution in [-0.2, 0) is 14.3 Å². The van der Waals surface area contributed by atoms with Gasteiger partial charge in [0.25, 0.3) is 0 Å². The van der Waals surface area contributed by atoms with Gasteiger partial charge in [-0.2, -0.15) is 0 Å². The molecule has 1 saturated heterocycles. The number of unbranched alkanes of at least 4 members (excludes halogenated alkanes) is 28. The predicted molar refractivity (Wildman–Crippen MR) is 249 cm³/mol. The largest absolute Gasteiger partial charge is 0.394 e. The van der Waals surface area contributed by atoms with Crippen LogP contribution in [0.25, 0.3) is 0 Å². The van der Waals surface area contributed by atoms with Crippen molar-refractivity contribution >= 4 is 5.91 Å². The summed E-state index contributed by atoms with van der Waals surface area (Å²) in [4.78, 5) is 13.0. The Morgan fingerprint density at radius 2 is 0.950 bits per heavy atom. The molecule has 0 radical (unpaired) electrons. The Labute approximate surface area is 368 Å². The Kier molecular flexibility index (Phi) is 39.0. The molecule has 1 heterocycles. The van der Waals surface area contributed by atoms with E-state index in [1.165, 1.54) is 167 Å². The molecule has 0 aromatic carbocycles. The quantitative estimate of drug-likeness (QED) is 0.0263. The summed E-state index contributed by atoms with van der Waals surface area (Å²) in [5, 5.41) is 54.3. The second-order valence-electron chi connectivity index (χ2n) is 17.6. The molecule has 352 valence electrons. The minimum atomic E-state index is -1.57. The summed E-state index contributed by atoms with van der Waals surface area (Å²) >= 11 is 0. The van der Waals surface area contributed by atoms with Gasteiger partial charge in [-0.25, -0.2) is 0 Å². The van der Waals surface area contributed by atoms with Crippen LogP contribution in [0.3, 0.4) is 0 Å². The lowest BCUT2D eigenvalue weighted by Crippen LogP contribution is -2.60. The molecule has 1 aliphatic rings. The fraction of sp³-hybridized carbons (Fsp3) is 0.863. The predicted octanol–water partition coefficient (Wildman–Crippen LogP) is 11.2. The molecule has 1 rings (SSSR count). The molecule has 9 heteroatoms. The molecule has 0 aromatic rings. The Morgan fingerprint density at radius 3 is 1.40 bits per heavy atom. The van der Waals surface area contributed by atoms with Crippen molar-refractivity contribution < 1.29 is 39.8 Å². The molecule has 1 amide bonds. The number of aliphatic hydroxyl groups is 5. The van der Waals surface area contributed by atoms with E-state index in [9.17, 15) is 30.3 Å². The standard InChI is InChI=1S/C51H95NO8/c1-3-5-7-9-11-13-15-17-19-21-23-25-27-29-31-33-35-37-39-41-47(55)52-44(43-59-51-50(58)49(57)48(56)46(42-53)60-51)45(54)40-38-36-34-32-30-28-26-24-22-20-18-16-14-12-10-8-6-4-2/h17,19,30,32,38,40,44-46,48-51,53-54,56-58H,3-16,18,20-29,31,33-37,39,41-43H2,1-2H3,(H,52,55)/b19-17-,32-30+,40-38+. The Hall–Kier alpha value is -1.59. The van der Waals surface area contributed by atoms with Crippen LogP contribution in [0.1, 0.15) is 226 Å². The van der Waals surface area contributed by atoms with Crippen LogP contribution in [0.4, 0.5) is 0 Å². The minimum Gasteiger partial charge on any atom is -0.394 e. The van der Waals surface area contributed by atoms with Crippen molar-refractivity contribution in [2.24, 2.45) is 0 Å². The van der Waals surface area contributed by atoms with Crippen LogP contribution < -0.4 is 5.32 Å². The van der Waals surface area contributed by atoms with Crippen molar-refractivity contribution in [3.63, 3.8) is 0 Å². The van der Waals surface area contributed by atoms with E-state index >= 15 is 0 Å². The van der Waals surface area contributed by atoms with E-state index < -0.39 is 49.5 Å². The topological polar surface area (TPSA) is 149 Å². The summed E-state index contributed by atoms with van der Waals surface area (Å²) in [6.45, 7) is 3.76. The summed E-state index contributed by atoms with van der Waals surface area (Å²) in [6.07, 6.45) is 44.7. The summed E-state index contributed by atoms with van der Waals surface area (Å²) < 4.78 is 11.2. The van der Waals surface area contributed by atoms with Gasteiger partial charge in [-0.05, 0) is 57.8 Å². The normalized spacial score (nSPS) is 20.8. The molecule has 0 spiro atoms. The van der Waals surface area contributed by atoms with Gasteiger partial charge in [0, 0.05) is 6.42 Å². The summed E-state index contributed by atoms with van der Waals surface area (Å²) in [6, 6.07) is -0.821. The van der Waals surface area contributed by atoms with Crippen LogP contribution in [0, 0.1) is 0 Å². The third kappa shape index (κ3) is 31.3. The van der Waals surface area contributed by atoms with Crippen LogP contribution >= 0.6 is 0 Å². The van der Waals surface area contributed by atoms with Crippen LogP contribution in [0.2, 0.25) is 0 Å². The van der Waals surface area contributed by atoms with Gasteiger partial charge in [-0.1, -0.05) is 198 Å². The van der Waals surface area contributed by atoms with Crippen LogP contribution in [0.5, 0.6) is 0 Å². The molecule has 0 aliphatic carbocycles. The lowest BCUT2D eigenvalue weighted by Gasteiger charge is -2.40. The maximum Gasteiger partial charge on any atom is 0.220 e. The average Bonchev–Trinajstić information content (AvgIpc) is 3.25. The number of rotatable bonds is 42. The van der Waals surface area contributed by atoms with Crippen molar-refractivity contribution in [3.8, 4) is 0 Å². The number of carbonyl (C=O) groups excluding carboxylic acids is 1. The van der Waals surface area contributed by atoms with Crippen molar-refractivity contribution in [2.45, 2.75) is 269 Å². The van der Waals surface area contributed by atoms with Gasteiger partial charge < -0.3 is 40.3 Å². The SMILES string of the molecule is CCCCCCCC/C=C\CCCCCCCCCCCC(=O)NC(COC1OC(CO)C(O)C(O)C1O)C(O)/C=C/CC/C=C/CCCCCCCCCCCCCC. The van der Waals surface area contributed by atoms with Gasteiger partial charge in [0.2, 0.25) is 5.91 Å². The number of ether oxygens (including phenoxy) is 2. The van der Waals surface area contributed by atoms with E-state index in [4.69, 9.17) is 9.47 Å². The number of nitrogens with one attached hydrogen (secondary N) is 1. The maximum absolute atomic E-state index is 13.0. The Morgan fingerprint density at radius 1 is 0.550 bits per heavy atom. The first-order chi connectivity index (χ1) is 29.3. The summed E-state index contributed by atoms with van der Waals surface area (Å²) in [7, 11) is 0. The highest BCUT2D eigenvalue weighted by Crippen LogP contribution is 2.23. The number of hydrogen-bond donors (Lipinski definition) is 6. The van der Waals surface area contributed by atoms with Crippen molar-refractivity contribution in [3.05, 3.63) is 36.5 Å². The molecule has 0 saturated carbocycles. The van der Waals surface area contributed by atoms with E-state index in [1.807, 2.05) is 6.08 Å². The Balaban J connectivity index is 2.33. The van der Waals surface area contributed by atoms with Gasteiger partial charge in [0.05, 0.1) is 25.4 Å². The lowest BCUT2D eigenvalue weighted by molar-refractivity contribution is -0.302. The van der Waals surface area contributed by atoms with Gasteiger partial charge in [0.15, 0.2) is 6.29 Å². The molecule has 1 fully saturated rings. The number of allylic oxidation sites excluding steroid dienone is 5. The van der Waals surface area contributed by atoms with Gasteiger partial charge in [-0.15, -0.1) is 0 Å². The molecular formula is C51H95NO8. The van der Waals surface area contributed by atoms with E-state index in [1.54, 1.807) is 6.08 Å². The van der Waals surface area contributed by atoms with Gasteiger partial charge in [0.1, 0.15) is 24.4 Å². The maximum atomic E-state index is 13.0. The second kappa shape index (κ2) is 41.4. The van der Waals surface area contributed by atoms with Crippen LogP contribution in [-0.4, -0.2) is 87.5 Å². The number of aliphatic hydroxyl groups excluding tert-OH is 5. The van der Waals surface area contributed by atoms with E-state index in [2.05, 4.69) is 43.5 Å². The molecule has 1 aliphatic heterocycles. The number of amides is 1. The molecule has 6 N–H and O–H groups in total. The van der Waals surface area contributed by atoms with Crippen molar-refractivity contribution in [1.29, 1.82) is 0 Å².